The predicted molar refractivity (Wildman–Crippen MR) is 69.4 cm³/mol. The standard InChI is InChI=1S/C12H17N3OS/c1-3-5-15-8-9(7-14-15)11(13)12-10(16-2)4-6-17-12/h4,6-8,11H,3,5,13H2,1-2H3. The predicted octanol–water partition coefficient (Wildman–Crippen LogP) is 2.41. The summed E-state index contributed by atoms with van der Waals surface area (Å²) in [4.78, 5) is 1.04. The molecular weight excluding hydrogens is 234 g/mol. The zero-order valence-corrected chi connectivity index (χ0v) is 10.9. The number of nitrogens with two attached hydrogens (primary N) is 1. The van der Waals surface area contributed by atoms with Crippen LogP contribution in [-0.4, -0.2) is 16.9 Å². The number of aromatic nitrogens is 2. The SMILES string of the molecule is CCCn1cc(C(N)c2sccc2OC)cn1. The van der Waals surface area contributed by atoms with Crippen LogP contribution in [0.15, 0.2) is 23.8 Å². The minimum absolute atomic E-state index is 0.157. The molecule has 1 unspecified atom stereocenters. The molecule has 0 amide bonds. The van der Waals surface area contributed by atoms with Crippen LogP contribution < -0.4 is 10.5 Å². The van der Waals surface area contributed by atoms with E-state index in [1.54, 1.807) is 18.4 Å². The molecule has 2 aromatic heterocycles. The van der Waals surface area contributed by atoms with Crippen LogP contribution in [0.2, 0.25) is 0 Å². The largest absolute Gasteiger partial charge is 0.496 e. The van der Waals surface area contributed by atoms with E-state index >= 15 is 0 Å². The van der Waals surface area contributed by atoms with E-state index < -0.39 is 0 Å². The summed E-state index contributed by atoms with van der Waals surface area (Å²) < 4.78 is 7.21. The van der Waals surface area contributed by atoms with E-state index in [2.05, 4.69) is 12.0 Å². The third-order valence-electron chi connectivity index (χ3n) is 2.62. The summed E-state index contributed by atoms with van der Waals surface area (Å²) in [6, 6.07) is 1.78. The van der Waals surface area contributed by atoms with Gasteiger partial charge in [0.2, 0.25) is 0 Å². The average molecular weight is 251 g/mol. The molecule has 0 saturated heterocycles. The van der Waals surface area contributed by atoms with Gasteiger partial charge in [0.15, 0.2) is 0 Å². The fraction of sp³-hybridized carbons (Fsp3) is 0.417. The maximum atomic E-state index is 6.22. The molecule has 2 N–H and O–H groups in total. The van der Waals surface area contributed by atoms with Crippen LogP contribution >= 0.6 is 11.3 Å². The highest BCUT2D eigenvalue weighted by molar-refractivity contribution is 7.10. The van der Waals surface area contributed by atoms with Gasteiger partial charge in [-0.2, -0.15) is 5.10 Å². The summed E-state index contributed by atoms with van der Waals surface area (Å²) in [7, 11) is 1.67. The van der Waals surface area contributed by atoms with Crippen molar-refractivity contribution in [2.75, 3.05) is 7.11 Å². The van der Waals surface area contributed by atoms with E-state index in [9.17, 15) is 0 Å². The smallest absolute Gasteiger partial charge is 0.134 e. The van der Waals surface area contributed by atoms with Gasteiger partial charge in [0, 0.05) is 18.3 Å². The first-order valence-electron chi connectivity index (χ1n) is 5.65. The zero-order valence-electron chi connectivity index (χ0n) is 10.1. The normalized spacial score (nSPS) is 12.6. The molecule has 2 rings (SSSR count). The Morgan fingerprint density at radius 3 is 3.12 bits per heavy atom. The molecule has 0 spiro atoms. The number of methoxy groups -OCH3 is 1. The molecule has 2 aromatic rings. The van der Waals surface area contributed by atoms with Gasteiger partial charge in [-0.05, 0) is 17.9 Å². The third-order valence-corrected chi connectivity index (χ3v) is 3.61. The number of rotatable bonds is 5. The Labute approximate surface area is 105 Å². The average Bonchev–Trinajstić information content (AvgIpc) is 2.96. The highest BCUT2D eigenvalue weighted by Crippen LogP contribution is 2.32. The van der Waals surface area contributed by atoms with Crippen molar-refractivity contribution in [1.82, 2.24) is 9.78 Å². The maximum Gasteiger partial charge on any atom is 0.134 e. The van der Waals surface area contributed by atoms with Gasteiger partial charge in [-0.15, -0.1) is 11.3 Å². The van der Waals surface area contributed by atoms with E-state index in [1.165, 1.54) is 0 Å². The van der Waals surface area contributed by atoms with Gasteiger partial charge in [0.1, 0.15) is 5.75 Å². The van der Waals surface area contributed by atoms with Crippen molar-refractivity contribution in [2.45, 2.75) is 25.9 Å². The molecular formula is C12H17N3OS. The van der Waals surface area contributed by atoms with E-state index in [0.717, 1.165) is 29.2 Å². The summed E-state index contributed by atoms with van der Waals surface area (Å²) >= 11 is 1.61. The summed E-state index contributed by atoms with van der Waals surface area (Å²) in [5.74, 6) is 0.853. The van der Waals surface area contributed by atoms with Crippen molar-refractivity contribution in [3.05, 3.63) is 34.3 Å². The van der Waals surface area contributed by atoms with E-state index in [-0.39, 0.29) is 6.04 Å². The second kappa shape index (κ2) is 5.33. The fourth-order valence-electron chi connectivity index (χ4n) is 1.75. The van der Waals surface area contributed by atoms with E-state index in [4.69, 9.17) is 10.5 Å². The van der Waals surface area contributed by atoms with Crippen LogP contribution in [0.1, 0.15) is 29.8 Å². The quantitative estimate of drug-likeness (QED) is 0.888. The lowest BCUT2D eigenvalue weighted by Gasteiger charge is -2.09. The Kier molecular flexibility index (Phi) is 3.81. The van der Waals surface area contributed by atoms with Crippen LogP contribution in [0, 0.1) is 0 Å². The molecule has 17 heavy (non-hydrogen) atoms. The molecule has 0 aliphatic carbocycles. The Morgan fingerprint density at radius 1 is 1.59 bits per heavy atom. The molecule has 92 valence electrons. The molecule has 0 radical (unpaired) electrons. The molecule has 0 fully saturated rings. The summed E-state index contributed by atoms with van der Waals surface area (Å²) in [5.41, 5.74) is 7.25. The first kappa shape index (κ1) is 12.1. The van der Waals surface area contributed by atoms with Crippen molar-refractivity contribution < 1.29 is 4.74 Å². The summed E-state index contributed by atoms with van der Waals surface area (Å²) in [6.07, 6.45) is 4.91. The molecule has 0 aromatic carbocycles. The lowest BCUT2D eigenvalue weighted by molar-refractivity contribution is 0.411. The molecule has 2 heterocycles. The first-order chi connectivity index (χ1) is 8.26. The monoisotopic (exact) mass is 251 g/mol. The van der Waals surface area contributed by atoms with Crippen LogP contribution in [0.5, 0.6) is 5.75 Å². The van der Waals surface area contributed by atoms with Crippen molar-refractivity contribution >= 4 is 11.3 Å². The minimum Gasteiger partial charge on any atom is -0.496 e. The van der Waals surface area contributed by atoms with Gasteiger partial charge in [0.25, 0.3) is 0 Å². The molecule has 5 heteroatoms. The van der Waals surface area contributed by atoms with Gasteiger partial charge in [-0.3, -0.25) is 4.68 Å². The maximum absolute atomic E-state index is 6.22. The number of ether oxygens (including phenoxy) is 1. The van der Waals surface area contributed by atoms with Crippen molar-refractivity contribution in [1.29, 1.82) is 0 Å². The van der Waals surface area contributed by atoms with Gasteiger partial charge in [0.05, 0.1) is 24.2 Å². The zero-order chi connectivity index (χ0) is 12.3. The lowest BCUT2D eigenvalue weighted by atomic mass is 10.1. The molecule has 4 nitrogen and oxygen atoms in total. The van der Waals surface area contributed by atoms with Gasteiger partial charge in [-0.25, -0.2) is 0 Å². The molecule has 0 saturated carbocycles. The number of hydrogen-bond acceptors (Lipinski definition) is 4. The topological polar surface area (TPSA) is 53.1 Å². The van der Waals surface area contributed by atoms with Gasteiger partial charge >= 0.3 is 0 Å². The second-order valence-electron chi connectivity index (χ2n) is 3.87. The van der Waals surface area contributed by atoms with Crippen LogP contribution in [0.3, 0.4) is 0 Å². The molecule has 1 atom stereocenters. The van der Waals surface area contributed by atoms with E-state index in [0.29, 0.717) is 0 Å². The highest BCUT2D eigenvalue weighted by atomic mass is 32.1. The number of aryl methyl sites for hydroxylation is 1. The lowest BCUT2D eigenvalue weighted by Crippen LogP contribution is -2.10. The number of hydrogen-bond donors (Lipinski definition) is 1. The van der Waals surface area contributed by atoms with Gasteiger partial charge in [-0.1, -0.05) is 6.92 Å². The Bertz CT molecular complexity index is 478. The van der Waals surface area contributed by atoms with Crippen molar-refractivity contribution in [3.63, 3.8) is 0 Å². The van der Waals surface area contributed by atoms with Crippen LogP contribution in [-0.2, 0) is 6.54 Å². The first-order valence-corrected chi connectivity index (χ1v) is 6.53. The Morgan fingerprint density at radius 2 is 2.41 bits per heavy atom. The van der Waals surface area contributed by atoms with Crippen molar-refractivity contribution in [3.8, 4) is 5.75 Å². The summed E-state index contributed by atoms with van der Waals surface area (Å²) in [5, 5.41) is 6.28. The molecule has 0 aliphatic rings. The highest BCUT2D eigenvalue weighted by Gasteiger charge is 2.16. The molecule has 0 aliphatic heterocycles. The van der Waals surface area contributed by atoms with Crippen LogP contribution in [0.4, 0.5) is 0 Å². The minimum atomic E-state index is -0.157. The van der Waals surface area contributed by atoms with Crippen molar-refractivity contribution in [2.24, 2.45) is 5.73 Å². The Balaban J connectivity index is 2.21. The van der Waals surface area contributed by atoms with Crippen LogP contribution in [0.25, 0.3) is 0 Å². The molecule has 0 bridgehead atoms. The van der Waals surface area contributed by atoms with E-state index in [1.807, 2.05) is 28.5 Å². The van der Waals surface area contributed by atoms with Gasteiger partial charge < -0.3 is 10.5 Å². The fourth-order valence-corrected chi connectivity index (χ4v) is 2.64. The third kappa shape index (κ3) is 2.50. The summed E-state index contributed by atoms with van der Waals surface area (Å²) in [6.45, 7) is 3.05. The number of nitrogens with zero attached hydrogens (tertiary/aromatic N) is 2. The second-order valence-corrected chi connectivity index (χ2v) is 4.82. The Hall–Kier alpha value is -1.33. The number of thiophene rings is 1.